The summed E-state index contributed by atoms with van der Waals surface area (Å²) >= 11 is 6.19. The molecule has 1 aliphatic rings. The molecule has 0 unspecified atom stereocenters. The molecule has 0 radical (unpaired) electrons. The monoisotopic (exact) mass is 390 g/mol. The standard InChI is InChI=1S/C24H19ClO3/c1-15-6-5-7-17(10-15)12-22-24(26)23-16(2)11-19(13-21(23)28-22)27-14-18-8-3-4-9-20(18)25/h3-13H,14H2,1-2H3/b22-12-. The molecule has 1 aliphatic heterocycles. The second-order valence-corrected chi connectivity index (χ2v) is 7.25. The van der Waals surface area contributed by atoms with Gasteiger partial charge in [-0.25, -0.2) is 0 Å². The van der Waals surface area contributed by atoms with Crippen LogP contribution in [0.4, 0.5) is 0 Å². The van der Waals surface area contributed by atoms with Crippen LogP contribution in [0.2, 0.25) is 5.02 Å². The van der Waals surface area contributed by atoms with Crippen molar-refractivity contribution in [1.29, 1.82) is 0 Å². The highest BCUT2D eigenvalue weighted by Crippen LogP contribution is 2.37. The van der Waals surface area contributed by atoms with Crippen molar-refractivity contribution >= 4 is 23.5 Å². The Morgan fingerprint density at radius 1 is 1.04 bits per heavy atom. The average molecular weight is 391 g/mol. The van der Waals surface area contributed by atoms with Gasteiger partial charge in [-0.3, -0.25) is 4.79 Å². The summed E-state index contributed by atoms with van der Waals surface area (Å²) in [5, 5.41) is 0.662. The minimum Gasteiger partial charge on any atom is -0.489 e. The first-order chi connectivity index (χ1) is 13.5. The predicted octanol–water partition coefficient (Wildman–Crippen LogP) is 6.15. The van der Waals surface area contributed by atoms with Gasteiger partial charge < -0.3 is 9.47 Å². The molecule has 0 bridgehead atoms. The van der Waals surface area contributed by atoms with Gasteiger partial charge in [-0.1, -0.05) is 59.6 Å². The van der Waals surface area contributed by atoms with Gasteiger partial charge in [0.2, 0.25) is 5.78 Å². The number of carbonyl (C=O) groups is 1. The molecule has 0 spiro atoms. The molecular weight excluding hydrogens is 372 g/mol. The summed E-state index contributed by atoms with van der Waals surface area (Å²) in [7, 11) is 0. The van der Waals surface area contributed by atoms with Crippen LogP contribution in [0.3, 0.4) is 0 Å². The fraction of sp³-hybridized carbons (Fsp3) is 0.125. The summed E-state index contributed by atoms with van der Waals surface area (Å²) in [6, 6.07) is 19.1. The Morgan fingerprint density at radius 3 is 2.64 bits per heavy atom. The number of benzene rings is 3. The zero-order valence-electron chi connectivity index (χ0n) is 15.7. The molecule has 0 saturated carbocycles. The van der Waals surface area contributed by atoms with E-state index < -0.39 is 0 Å². The van der Waals surface area contributed by atoms with Crippen LogP contribution in [0.1, 0.15) is 32.6 Å². The number of halogens is 1. The van der Waals surface area contributed by atoms with Crippen LogP contribution in [0.5, 0.6) is 11.5 Å². The first kappa shape index (κ1) is 18.3. The van der Waals surface area contributed by atoms with E-state index in [4.69, 9.17) is 21.1 Å². The van der Waals surface area contributed by atoms with Crippen LogP contribution in [-0.2, 0) is 6.61 Å². The fourth-order valence-corrected chi connectivity index (χ4v) is 3.44. The largest absolute Gasteiger partial charge is 0.489 e. The van der Waals surface area contributed by atoms with Gasteiger partial charge in [0, 0.05) is 16.7 Å². The lowest BCUT2D eigenvalue weighted by Gasteiger charge is -2.10. The first-order valence-electron chi connectivity index (χ1n) is 9.03. The lowest BCUT2D eigenvalue weighted by molar-refractivity contribution is 0.101. The third kappa shape index (κ3) is 3.67. The number of fused-ring (bicyclic) bond motifs is 1. The summed E-state index contributed by atoms with van der Waals surface area (Å²) in [6.07, 6.45) is 1.78. The fourth-order valence-electron chi connectivity index (χ4n) is 3.25. The molecule has 0 amide bonds. The van der Waals surface area contributed by atoms with Gasteiger partial charge in [0.25, 0.3) is 0 Å². The molecule has 3 aromatic carbocycles. The maximum atomic E-state index is 12.8. The van der Waals surface area contributed by atoms with Gasteiger partial charge >= 0.3 is 0 Å². The van der Waals surface area contributed by atoms with Gasteiger partial charge in [-0.15, -0.1) is 0 Å². The SMILES string of the molecule is Cc1cccc(/C=C2\Oc3cc(OCc4ccccc4Cl)cc(C)c3C2=O)c1. The molecule has 0 N–H and O–H groups in total. The van der Waals surface area contributed by atoms with E-state index in [0.717, 1.165) is 22.3 Å². The lowest BCUT2D eigenvalue weighted by Crippen LogP contribution is -2.00. The van der Waals surface area contributed by atoms with E-state index in [2.05, 4.69) is 0 Å². The van der Waals surface area contributed by atoms with Gasteiger partial charge in [-0.05, 0) is 43.2 Å². The lowest BCUT2D eigenvalue weighted by atomic mass is 10.0. The third-order valence-corrected chi connectivity index (χ3v) is 5.00. The van der Waals surface area contributed by atoms with Crippen LogP contribution in [0, 0.1) is 13.8 Å². The maximum absolute atomic E-state index is 12.8. The van der Waals surface area contributed by atoms with Crippen molar-refractivity contribution in [2.75, 3.05) is 0 Å². The zero-order valence-corrected chi connectivity index (χ0v) is 16.4. The van der Waals surface area contributed by atoms with Crippen LogP contribution < -0.4 is 9.47 Å². The molecule has 0 aliphatic carbocycles. The van der Waals surface area contributed by atoms with Crippen molar-refractivity contribution in [3.63, 3.8) is 0 Å². The van der Waals surface area contributed by atoms with Crippen LogP contribution >= 0.6 is 11.6 Å². The molecular formula is C24H19ClO3. The summed E-state index contributed by atoms with van der Waals surface area (Å²) < 4.78 is 11.8. The number of ketones is 1. The second kappa shape index (κ2) is 7.53. The van der Waals surface area contributed by atoms with E-state index in [1.807, 2.05) is 68.4 Å². The Morgan fingerprint density at radius 2 is 1.86 bits per heavy atom. The molecule has 0 saturated heterocycles. The summed E-state index contributed by atoms with van der Waals surface area (Å²) in [6.45, 7) is 4.25. The number of carbonyl (C=O) groups excluding carboxylic acids is 1. The number of hydrogen-bond acceptors (Lipinski definition) is 3. The molecule has 0 atom stereocenters. The van der Waals surface area contributed by atoms with Crippen molar-refractivity contribution in [2.24, 2.45) is 0 Å². The third-order valence-electron chi connectivity index (χ3n) is 4.64. The molecule has 4 rings (SSSR count). The van der Waals surface area contributed by atoms with Crippen molar-refractivity contribution in [1.82, 2.24) is 0 Å². The molecule has 1 heterocycles. The van der Waals surface area contributed by atoms with E-state index in [0.29, 0.717) is 34.5 Å². The van der Waals surface area contributed by atoms with Crippen molar-refractivity contribution in [3.8, 4) is 11.5 Å². The molecule has 0 aromatic heterocycles. The molecule has 3 nitrogen and oxygen atoms in total. The normalized spacial score (nSPS) is 14.1. The zero-order chi connectivity index (χ0) is 19.7. The molecule has 4 heteroatoms. The predicted molar refractivity (Wildman–Crippen MR) is 111 cm³/mol. The van der Waals surface area contributed by atoms with Crippen molar-refractivity contribution < 1.29 is 14.3 Å². The van der Waals surface area contributed by atoms with E-state index >= 15 is 0 Å². The Labute approximate surface area is 169 Å². The summed E-state index contributed by atoms with van der Waals surface area (Å²) in [5.41, 5.74) is 4.38. The number of allylic oxidation sites excluding steroid dienone is 1. The van der Waals surface area contributed by atoms with Gasteiger partial charge in [-0.2, -0.15) is 0 Å². The van der Waals surface area contributed by atoms with E-state index in [9.17, 15) is 4.79 Å². The molecule has 0 fully saturated rings. The number of ether oxygens (including phenoxy) is 2. The number of rotatable bonds is 4. The first-order valence-corrected chi connectivity index (χ1v) is 9.41. The molecule has 140 valence electrons. The Hall–Kier alpha value is -3.04. The number of Topliss-reactive ketones (excluding diaryl/α,β-unsaturated/α-hetero) is 1. The minimum absolute atomic E-state index is 0.105. The quantitative estimate of drug-likeness (QED) is 0.501. The van der Waals surface area contributed by atoms with Crippen LogP contribution in [0.15, 0.2) is 66.4 Å². The summed E-state index contributed by atoms with van der Waals surface area (Å²) in [4.78, 5) is 12.8. The van der Waals surface area contributed by atoms with Gasteiger partial charge in [0.1, 0.15) is 18.1 Å². The number of hydrogen-bond donors (Lipinski definition) is 0. The average Bonchev–Trinajstić information content (AvgIpc) is 2.97. The van der Waals surface area contributed by atoms with E-state index in [1.165, 1.54) is 0 Å². The molecule has 3 aromatic rings. The summed E-state index contributed by atoms with van der Waals surface area (Å²) in [5.74, 6) is 1.39. The molecule has 28 heavy (non-hydrogen) atoms. The Balaban J connectivity index is 1.58. The highest BCUT2D eigenvalue weighted by molar-refractivity contribution is 6.31. The van der Waals surface area contributed by atoms with Crippen molar-refractivity contribution in [3.05, 3.63) is 99.3 Å². The van der Waals surface area contributed by atoms with E-state index in [-0.39, 0.29) is 5.78 Å². The van der Waals surface area contributed by atoms with E-state index in [1.54, 1.807) is 12.1 Å². The Kier molecular flexibility index (Phi) is 4.93. The Bertz CT molecular complexity index is 1100. The smallest absolute Gasteiger partial charge is 0.232 e. The minimum atomic E-state index is -0.105. The highest BCUT2D eigenvalue weighted by atomic mass is 35.5. The van der Waals surface area contributed by atoms with Crippen LogP contribution in [0.25, 0.3) is 6.08 Å². The van der Waals surface area contributed by atoms with Gasteiger partial charge in [0.15, 0.2) is 5.76 Å². The maximum Gasteiger partial charge on any atom is 0.232 e. The van der Waals surface area contributed by atoms with Crippen LogP contribution in [-0.4, -0.2) is 5.78 Å². The van der Waals surface area contributed by atoms with Crippen molar-refractivity contribution in [2.45, 2.75) is 20.5 Å². The second-order valence-electron chi connectivity index (χ2n) is 6.85. The highest BCUT2D eigenvalue weighted by Gasteiger charge is 2.30. The van der Waals surface area contributed by atoms with Gasteiger partial charge in [0.05, 0.1) is 5.56 Å². The number of aryl methyl sites for hydroxylation is 2. The topological polar surface area (TPSA) is 35.5 Å².